The molecule has 1 heterocycles. The first-order valence-electron chi connectivity index (χ1n) is 6.32. The Hall–Kier alpha value is -1.59. The van der Waals surface area contributed by atoms with E-state index in [0.717, 1.165) is 10.3 Å². The first-order valence-corrected chi connectivity index (χ1v) is 7.13. The monoisotopic (exact) mass is 290 g/mol. The third-order valence-corrected chi connectivity index (χ3v) is 3.63. The van der Waals surface area contributed by atoms with Gasteiger partial charge in [-0.05, 0) is 18.2 Å². The summed E-state index contributed by atoms with van der Waals surface area (Å²) in [6.45, 7) is 6.42. The number of hydroxylamine groups is 1. The third kappa shape index (κ3) is 3.49. The number of nitrogens with zero attached hydrogens (tertiary/aromatic N) is 1. The smallest absolute Gasteiger partial charge is 0.277 e. The van der Waals surface area contributed by atoms with Crippen LogP contribution in [0.3, 0.4) is 0 Å². The molecule has 1 aromatic carbocycles. The van der Waals surface area contributed by atoms with Gasteiger partial charge >= 0.3 is 0 Å². The Bertz CT molecular complexity index is 635. The maximum absolute atomic E-state index is 12.1. The second-order valence-corrected chi connectivity index (χ2v) is 7.30. The number of aromatic nitrogens is 1. The number of carbonyl (C=O) groups excluding carboxylic acids is 1. The predicted molar refractivity (Wildman–Crippen MR) is 81.8 cm³/mol. The van der Waals surface area contributed by atoms with E-state index < -0.39 is 0 Å². The molecule has 0 bridgehead atoms. The van der Waals surface area contributed by atoms with Gasteiger partial charge in [0.1, 0.15) is 0 Å². The molecule has 106 valence electrons. The minimum Gasteiger partial charge on any atom is -0.277 e. The van der Waals surface area contributed by atoms with Gasteiger partial charge in [0.05, 0.1) is 18.2 Å². The second-order valence-electron chi connectivity index (χ2n) is 5.40. The number of nitrogens with one attached hydrogen (secondary N) is 1. The van der Waals surface area contributed by atoms with Crippen molar-refractivity contribution in [3.05, 3.63) is 36.0 Å². The van der Waals surface area contributed by atoms with Crippen LogP contribution in [0.1, 0.15) is 31.1 Å². The molecule has 2 rings (SSSR count). The number of amides is 1. The largest absolute Gasteiger partial charge is 0.277 e. The number of rotatable bonds is 3. The van der Waals surface area contributed by atoms with Gasteiger partial charge in [-0.2, -0.15) is 0 Å². The summed E-state index contributed by atoms with van der Waals surface area (Å²) in [4.78, 5) is 22.1. The molecule has 0 unspecified atom stereocenters. The Morgan fingerprint density at radius 3 is 2.75 bits per heavy atom. The normalized spacial score (nSPS) is 11.6. The van der Waals surface area contributed by atoms with Crippen LogP contribution in [-0.4, -0.2) is 22.7 Å². The summed E-state index contributed by atoms with van der Waals surface area (Å²) in [5.41, 5.74) is 3.56. The minimum atomic E-state index is -0.285. The lowest BCUT2D eigenvalue weighted by Gasteiger charge is -2.18. The third-order valence-electron chi connectivity index (χ3n) is 2.54. The van der Waals surface area contributed by atoms with Crippen LogP contribution in [0.2, 0.25) is 0 Å². The molecule has 4 nitrogen and oxygen atoms in total. The van der Waals surface area contributed by atoms with Crippen molar-refractivity contribution in [2.75, 3.05) is 7.11 Å². The fourth-order valence-corrected chi connectivity index (χ4v) is 2.97. The summed E-state index contributed by atoms with van der Waals surface area (Å²) in [6, 6.07) is 7.74. The first kappa shape index (κ1) is 14.8. The van der Waals surface area contributed by atoms with Crippen molar-refractivity contribution in [1.82, 2.24) is 10.5 Å². The molecule has 0 atom stereocenters. The number of thioether (sulfide) groups is 1. The average molecular weight is 290 g/mol. The summed E-state index contributed by atoms with van der Waals surface area (Å²) < 4.78 is 0.0743. The van der Waals surface area contributed by atoms with Gasteiger partial charge in [0.15, 0.2) is 0 Å². The van der Waals surface area contributed by atoms with E-state index in [1.54, 1.807) is 18.0 Å². The Labute approximate surface area is 122 Å². The summed E-state index contributed by atoms with van der Waals surface area (Å²) >= 11 is 1.72. The highest BCUT2D eigenvalue weighted by Gasteiger charge is 2.17. The van der Waals surface area contributed by atoms with Gasteiger partial charge in [0.2, 0.25) is 0 Å². The van der Waals surface area contributed by atoms with Gasteiger partial charge in [0.25, 0.3) is 5.91 Å². The highest BCUT2D eigenvalue weighted by molar-refractivity contribution is 8.00. The molecule has 0 saturated heterocycles. The zero-order chi connectivity index (χ0) is 14.8. The molecule has 0 aliphatic carbocycles. The SMILES string of the molecule is CONC(=O)c1cc(SC(C)(C)C)cc2cccnc12. The average Bonchev–Trinajstić information content (AvgIpc) is 2.36. The number of pyridine rings is 1. The van der Waals surface area contributed by atoms with Crippen molar-refractivity contribution in [2.24, 2.45) is 0 Å². The zero-order valence-corrected chi connectivity index (χ0v) is 12.9. The molecule has 0 aliphatic heterocycles. The van der Waals surface area contributed by atoms with E-state index in [2.05, 4.69) is 37.3 Å². The molecule has 0 fully saturated rings. The standard InChI is InChI=1S/C15H18N2O2S/c1-15(2,3)20-11-8-10-6-5-7-16-13(10)12(9-11)14(18)17-19-4/h5-9H,1-4H3,(H,17,18). The van der Waals surface area contributed by atoms with Crippen LogP contribution >= 0.6 is 11.8 Å². The maximum Gasteiger partial charge on any atom is 0.277 e. The molecular formula is C15H18N2O2S. The molecule has 5 heteroatoms. The van der Waals surface area contributed by atoms with Gasteiger partial charge in [-0.3, -0.25) is 14.6 Å². The van der Waals surface area contributed by atoms with Crippen LogP contribution in [-0.2, 0) is 4.84 Å². The Morgan fingerprint density at radius 1 is 1.35 bits per heavy atom. The molecule has 1 N–H and O–H groups in total. The number of benzene rings is 1. The molecule has 0 aliphatic rings. The van der Waals surface area contributed by atoms with Crippen molar-refractivity contribution in [3.8, 4) is 0 Å². The van der Waals surface area contributed by atoms with Crippen molar-refractivity contribution < 1.29 is 9.63 Å². The molecule has 0 radical (unpaired) electrons. The Morgan fingerprint density at radius 2 is 2.10 bits per heavy atom. The van der Waals surface area contributed by atoms with Gasteiger partial charge < -0.3 is 0 Å². The van der Waals surface area contributed by atoms with Gasteiger partial charge in [-0.15, -0.1) is 11.8 Å². The maximum atomic E-state index is 12.1. The van der Waals surface area contributed by atoms with Crippen molar-refractivity contribution >= 4 is 28.6 Å². The van der Waals surface area contributed by atoms with Gasteiger partial charge in [0, 0.05) is 21.2 Å². The number of fused-ring (bicyclic) bond motifs is 1. The van der Waals surface area contributed by atoms with E-state index in [-0.39, 0.29) is 10.7 Å². The highest BCUT2D eigenvalue weighted by atomic mass is 32.2. The second kappa shape index (κ2) is 5.81. The van der Waals surface area contributed by atoms with Crippen LogP contribution < -0.4 is 5.48 Å². The summed E-state index contributed by atoms with van der Waals surface area (Å²) in [5.74, 6) is -0.285. The van der Waals surface area contributed by atoms with Crippen LogP contribution in [0.4, 0.5) is 0 Å². The van der Waals surface area contributed by atoms with E-state index >= 15 is 0 Å². The minimum absolute atomic E-state index is 0.0743. The quantitative estimate of drug-likeness (QED) is 0.695. The summed E-state index contributed by atoms with van der Waals surface area (Å²) in [5, 5.41) is 0.947. The van der Waals surface area contributed by atoms with E-state index in [4.69, 9.17) is 4.84 Å². The molecular weight excluding hydrogens is 272 g/mol. The fourth-order valence-electron chi connectivity index (χ4n) is 1.90. The van der Waals surface area contributed by atoms with Crippen molar-refractivity contribution in [2.45, 2.75) is 30.4 Å². The summed E-state index contributed by atoms with van der Waals surface area (Å²) in [7, 11) is 1.42. The van der Waals surface area contributed by atoms with E-state index in [1.165, 1.54) is 7.11 Å². The molecule has 0 saturated carbocycles. The van der Waals surface area contributed by atoms with Crippen molar-refractivity contribution in [1.29, 1.82) is 0 Å². The van der Waals surface area contributed by atoms with E-state index in [1.807, 2.05) is 18.2 Å². The van der Waals surface area contributed by atoms with E-state index in [0.29, 0.717) is 11.1 Å². The molecule has 1 aromatic heterocycles. The highest BCUT2D eigenvalue weighted by Crippen LogP contribution is 2.34. The number of hydrogen-bond acceptors (Lipinski definition) is 4. The van der Waals surface area contributed by atoms with Gasteiger partial charge in [-0.1, -0.05) is 26.8 Å². The first-order chi connectivity index (χ1) is 9.40. The number of carbonyl (C=O) groups is 1. The molecule has 2 aromatic rings. The van der Waals surface area contributed by atoms with Crippen LogP contribution in [0.5, 0.6) is 0 Å². The van der Waals surface area contributed by atoms with Gasteiger partial charge in [-0.25, -0.2) is 5.48 Å². The van der Waals surface area contributed by atoms with Crippen LogP contribution in [0, 0.1) is 0 Å². The van der Waals surface area contributed by atoms with Crippen LogP contribution in [0.25, 0.3) is 10.9 Å². The molecule has 0 spiro atoms. The lowest BCUT2D eigenvalue weighted by Crippen LogP contribution is -2.22. The summed E-state index contributed by atoms with van der Waals surface area (Å²) in [6.07, 6.45) is 1.68. The Kier molecular flexibility index (Phi) is 4.30. The van der Waals surface area contributed by atoms with Crippen molar-refractivity contribution in [3.63, 3.8) is 0 Å². The molecule has 1 amide bonds. The lowest BCUT2D eigenvalue weighted by molar-refractivity contribution is 0.0539. The predicted octanol–water partition coefficient (Wildman–Crippen LogP) is 3.42. The lowest BCUT2D eigenvalue weighted by atomic mass is 10.1. The molecule has 20 heavy (non-hydrogen) atoms. The van der Waals surface area contributed by atoms with E-state index in [9.17, 15) is 4.79 Å². The fraction of sp³-hybridized carbons (Fsp3) is 0.333. The zero-order valence-electron chi connectivity index (χ0n) is 12.1. The number of hydrogen-bond donors (Lipinski definition) is 1. The Balaban J connectivity index is 2.55. The topological polar surface area (TPSA) is 51.2 Å². The van der Waals surface area contributed by atoms with Crippen LogP contribution in [0.15, 0.2) is 35.4 Å².